The Hall–Kier alpha value is -2.56. The highest BCUT2D eigenvalue weighted by Crippen LogP contribution is 2.46. The van der Waals surface area contributed by atoms with Crippen molar-refractivity contribution in [3.8, 4) is 34.5 Å². The fourth-order valence-corrected chi connectivity index (χ4v) is 2.46. The molecule has 0 bridgehead atoms. The van der Waals surface area contributed by atoms with Gasteiger partial charge in [-0.15, -0.1) is 0 Å². The van der Waals surface area contributed by atoms with Crippen LogP contribution >= 0.6 is 0 Å². The molecule has 0 fully saturated rings. The van der Waals surface area contributed by atoms with Crippen molar-refractivity contribution in [2.45, 2.75) is 13.8 Å². The molecular weight excluding hydrogens is 296 g/mol. The van der Waals surface area contributed by atoms with Crippen molar-refractivity contribution in [1.29, 1.82) is 0 Å². The summed E-state index contributed by atoms with van der Waals surface area (Å²) < 4.78 is 27.7. The molecule has 0 radical (unpaired) electrons. The minimum Gasteiger partial charge on any atom is -0.492 e. The smallest absolute Gasteiger partial charge is 0.204 e. The molecule has 0 N–H and O–H groups in total. The lowest BCUT2D eigenvalue weighted by atomic mass is 10.1. The summed E-state index contributed by atoms with van der Waals surface area (Å²) in [6.07, 6.45) is 0. The van der Waals surface area contributed by atoms with Gasteiger partial charge >= 0.3 is 0 Å². The Balaban J connectivity index is 2.52. The van der Waals surface area contributed by atoms with Crippen LogP contribution in [0.4, 0.5) is 0 Å². The normalized spacial score (nSPS) is 10.2. The Morgan fingerprint density at radius 3 is 1.17 bits per heavy atom. The highest BCUT2D eigenvalue weighted by molar-refractivity contribution is 5.60. The average Bonchev–Trinajstić information content (AvgIpc) is 2.56. The summed E-state index contributed by atoms with van der Waals surface area (Å²) in [5.74, 6) is 3.44. The lowest BCUT2D eigenvalue weighted by molar-refractivity contribution is 0.318. The second kappa shape index (κ2) is 7.13. The van der Waals surface area contributed by atoms with Crippen molar-refractivity contribution in [3.05, 3.63) is 35.4 Å². The molecular formula is C18H22O5. The van der Waals surface area contributed by atoms with Gasteiger partial charge in [0.25, 0.3) is 0 Å². The summed E-state index contributed by atoms with van der Waals surface area (Å²) in [6, 6.07) is 7.49. The van der Waals surface area contributed by atoms with E-state index < -0.39 is 0 Å². The van der Waals surface area contributed by atoms with Crippen LogP contribution in [0.3, 0.4) is 0 Å². The first kappa shape index (κ1) is 16.8. The lowest BCUT2D eigenvalue weighted by Gasteiger charge is -2.18. The number of aryl methyl sites for hydroxylation is 2. The van der Waals surface area contributed by atoms with E-state index in [9.17, 15) is 0 Å². The average molecular weight is 318 g/mol. The van der Waals surface area contributed by atoms with Crippen molar-refractivity contribution >= 4 is 0 Å². The first-order chi connectivity index (χ1) is 11.1. The molecule has 0 heterocycles. The summed E-state index contributed by atoms with van der Waals surface area (Å²) >= 11 is 0. The molecule has 5 nitrogen and oxygen atoms in total. The summed E-state index contributed by atoms with van der Waals surface area (Å²) in [6.45, 7) is 3.89. The molecule has 0 unspecified atom stereocenters. The molecule has 0 aliphatic rings. The standard InChI is InChI=1S/C18H22O5/c1-11-7-9-13(17(21-5)15(11)19-3)23-14-10-8-12(2)16(20-4)18(14)22-6/h7-10H,1-6H3. The van der Waals surface area contributed by atoms with Gasteiger partial charge in [0.1, 0.15) is 0 Å². The maximum Gasteiger partial charge on any atom is 0.204 e. The summed E-state index contributed by atoms with van der Waals surface area (Å²) in [4.78, 5) is 0. The summed E-state index contributed by atoms with van der Waals surface area (Å²) in [7, 11) is 6.36. The van der Waals surface area contributed by atoms with Crippen molar-refractivity contribution in [2.75, 3.05) is 28.4 Å². The van der Waals surface area contributed by atoms with Crippen LogP contribution in [0.5, 0.6) is 34.5 Å². The van der Waals surface area contributed by atoms with Crippen molar-refractivity contribution < 1.29 is 23.7 Å². The van der Waals surface area contributed by atoms with Gasteiger partial charge in [-0.3, -0.25) is 0 Å². The third-order valence-corrected chi connectivity index (χ3v) is 3.58. The quantitative estimate of drug-likeness (QED) is 0.801. The number of benzene rings is 2. The third-order valence-electron chi connectivity index (χ3n) is 3.58. The predicted octanol–water partition coefficient (Wildman–Crippen LogP) is 4.13. The zero-order valence-electron chi connectivity index (χ0n) is 14.4. The van der Waals surface area contributed by atoms with Gasteiger partial charge in [-0.1, -0.05) is 12.1 Å². The van der Waals surface area contributed by atoms with Crippen molar-refractivity contribution in [3.63, 3.8) is 0 Å². The Morgan fingerprint density at radius 2 is 0.870 bits per heavy atom. The number of methoxy groups -OCH3 is 4. The largest absolute Gasteiger partial charge is 0.492 e. The van der Waals surface area contributed by atoms with Gasteiger partial charge in [-0.2, -0.15) is 0 Å². The third kappa shape index (κ3) is 3.13. The van der Waals surface area contributed by atoms with E-state index in [2.05, 4.69) is 0 Å². The van der Waals surface area contributed by atoms with Gasteiger partial charge in [-0.25, -0.2) is 0 Å². The lowest BCUT2D eigenvalue weighted by Crippen LogP contribution is -1.99. The molecule has 0 amide bonds. The number of rotatable bonds is 6. The van der Waals surface area contributed by atoms with E-state index in [1.165, 1.54) is 0 Å². The van der Waals surface area contributed by atoms with Crippen LogP contribution in [0.25, 0.3) is 0 Å². The maximum absolute atomic E-state index is 6.01. The minimum absolute atomic E-state index is 0.536. The molecule has 0 aromatic heterocycles. The van der Waals surface area contributed by atoms with Gasteiger partial charge in [-0.05, 0) is 37.1 Å². The molecule has 0 saturated carbocycles. The van der Waals surface area contributed by atoms with E-state index in [0.717, 1.165) is 11.1 Å². The van der Waals surface area contributed by atoms with Gasteiger partial charge in [0, 0.05) is 0 Å². The molecule has 0 aliphatic heterocycles. The molecule has 124 valence electrons. The van der Waals surface area contributed by atoms with E-state index in [-0.39, 0.29) is 0 Å². The van der Waals surface area contributed by atoms with Crippen LogP contribution in [0.1, 0.15) is 11.1 Å². The van der Waals surface area contributed by atoms with E-state index >= 15 is 0 Å². The Morgan fingerprint density at radius 1 is 0.522 bits per heavy atom. The van der Waals surface area contributed by atoms with Gasteiger partial charge in [0.2, 0.25) is 11.5 Å². The van der Waals surface area contributed by atoms with Gasteiger partial charge in [0.15, 0.2) is 23.0 Å². The molecule has 0 saturated heterocycles. The Bertz CT molecular complexity index is 635. The zero-order chi connectivity index (χ0) is 17.0. The molecule has 0 spiro atoms. The first-order valence-electron chi connectivity index (χ1n) is 7.18. The zero-order valence-corrected chi connectivity index (χ0v) is 14.4. The van der Waals surface area contributed by atoms with Crippen LogP contribution in [-0.2, 0) is 0 Å². The predicted molar refractivity (Wildman–Crippen MR) is 88.6 cm³/mol. The van der Waals surface area contributed by atoms with E-state index in [4.69, 9.17) is 23.7 Å². The number of ether oxygens (including phenoxy) is 5. The SMILES string of the molecule is COc1c(C)ccc(Oc2ccc(C)c(OC)c2OC)c1OC. The van der Waals surface area contributed by atoms with E-state index in [1.54, 1.807) is 28.4 Å². The van der Waals surface area contributed by atoms with Crippen LogP contribution in [0, 0.1) is 13.8 Å². The summed E-state index contributed by atoms with van der Waals surface area (Å²) in [5, 5.41) is 0. The number of hydrogen-bond acceptors (Lipinski definition) is 5. The monoisotopic (exact) mass is 318 g/mol. The van der Waals surface area contributed by atoms with Crippen molar-refractivity contribution in [2.24, 2.45) is 0 Å². The second-order valence-electron chi connectivity index (χ2n) is 5.00. The van der Waals surface area contributed by atoms with E-state index in [0.29, 0.717) is 34.5 Å². The molecule has 2 aromatic rings. The van der Waals surface area contributed by atoms with Gasteiger partial charge < -0.3 is 23.7 Å². The fraction of sp³-hybridized carbons (Fsp3) is 0.333. The van der Waals surface area contributed by atoms with E-state index in [1.807, 2.05) is 38.1 Å². The molecule has 0 atom stereocenters. The van der Waals surface area contributed by atoms with Gasteiger partial charge in [0.05, 0.1) is 28.4 Å². The minimum atomic E-state index is 0.536. The topological polar surface area (TPSA) is 46.2 Å². The van der Waals surface area contributed by atoms with Crippen molar-refractivity contribution in [1.82, 2.24) is 0 Å². The Labute approximate surface area is 136 Å². The fourth-order valence-electron chi connectivity index (χ4n) is 2.46. The summed E-state index contributed by atoms with van der Waals surface area (Å²) in [5.41, 5.74) is 1.93. The molecule has 0 aliphatic carbocycles. The molecule has 23 heavy (non-hydrogen) atoms. The highest BCUT2D eigenvalue weighted by atomic mass is 16.6. The molecule has 2 rings (SSSR count). The maximum atomic E-state index is 6.01. The van der Waals surface area contributed by atoms with Crippen LogP contribution in [0.15, 0.2) is 24.3 Å². The van der Waals surface area contributed by atoms with Crippen LogP contribution < -0.4 is 23.7 Å². The second-order valence-corrected chi connectivity index (χ2v) is 5.00. The Kier molecular flexibility index (Phi) is 5.21. The molecule has 2 aromatic carbocycles. The first-order valence-corrected chi connectivity index (χ1v) is 7.18. The molecule has 5 heteroatoms. The van der Waals surface area contributed by atoms with Crippen LogP contribution in [0.2, 0.25) is 0 Å². The number of hydrogen-bond donors (Lipinski definition) is 0. The van der Waals surface area contributed by atoms with Crippen LogP contribution in [-0.4, -0.2) is 28.4 Å². The highest BCUT2D eigenvalue weighted by Gasteiger charge is 2.19.